The number of carbonyl (C=O) groups is 2. The number of esters is 2. The molecular formula is C19H34O6. The van der Waals surface area contributed by atoms with Crippen molar-refractivity contribution in [1.82, 2.24) is 0 Å². The molecule has 0 saturated carbocycles. The minimum absolute atomic E-state index is 0.141. The van der Waals surface area contributed by atoms with Crippen molar-refractivity contribution in [2.24, 2.45) is 11.3 Å². The van der Waals surface area contributed by atoms with Crippen LogP contribution in [0.5, 0.6) is 0 Å². The van der Waals surface area contributed by atoms with Crippen molar-refractivity contribution in [3.8, 4) is 0 Å². The molecule has 146 valence electrons. The first kappa shape index (κ1) is 23.6. The Hall–Kier alpha value is -1.40. The van der Waals surface area contributed by atoms with E-state index in [0.29, 0.717) is 13.0 Å². The van der Waals surface area contributed by atoms with E-state index in [9.17, 15) is 9.59 Å². The van der Waals surface area contributed by atoms with Crippen LogP contribution >= 0.6 is 0 Å². The first-order chi connectivity index (χ1) is 11.9. The second-order valence-corrected chi connectivity index (χ2v) is 5.75. The van der Waals surface area contributed by atoms with Crippen LogP contribution in [0.25, 0.3) is 0 Å². The average Bonchev–Trinajstić information content (AvgIpc) is 2.57. The summed E-state index contributed by atoms with van der Waals surface area (Å²) in [5, 5.41) is 0. The molecular weight excluding hydrogens is 324 g/mol. The minimum Gasteiger partial charge on any atom is -0.465 e. The van der Waals surface area contributed by atoms with Gasteiger partial charge in [0, 0.05) is 12.5 Å². The molecule has 6 heteroatoms. The maximum absolute atomic E-state index is 12.8. The van der Waals surface area contributed by atoms with Crippen LogP contribution in [0.15, 0.2) is 12.7 Å². The van der Waals surface area contributed by atoms with Gasteiger partial charge in [0.1, 0.15) is 0 Å². The quantitative estimate of drug-likeness (QED) is 0.205. The smallest absolute Gasteiger partial charge is 0.324 e. The van der Waals surface area contributed by atoms with E-state index in [1.54, 1.807) is 26.8 Å². The predicted octanol–water partition coefficient (Wildman–Crippen LogP) is 3.49. The van der Waals surface area contributed by atoms with Gasteiger partial charge in [-0.05, 0) is 40.5 Å². The van der Waals surface area contributed by atoms with Crippen LogP contribution in [0.4, 0.5) is 0 Å². The topological polar surface area (TPSA) is 71.1 Å². The second-order valence-electron chi connectivity index (χ2n) is 5.75. The van der Waals surface area contributed by atoms with Crippen molar-refractivity contribution in [2.75, 3.05) is 26.4 Å². The first-order valence-corrected chi connectivity index (χ1v) is 9.12. The van der Waals surface area contributed by atoms with Crippen molar-refractivity contribution in [1.29, 1.82) is 0 Å². The molecule has 0 bridgehead atoms. The van der Waals surface area contributed by atoms with Gasteiger partial charge in [-0.3, -0.25) is 9.59 Å². The fourth-order valence-electron chi connectivity index (χ4n) is 2.85. The highest BCUT2D eigenvalue weighted by molar-refractivity contribution is 6.00. The molecule has 0 heterocycles. The van der Waals surface area contributed by atoms with E-state index >= 15 is 0 Å². The maximum atomic E-state index is 12.8. The van der Waals surface area contributed by atoms with E-state index in [4.69, 9.17) is 18.9 Å². The second kappa shape index (κ2) is 12.9. The minimum atomic E-state index is -1.45. The molecule has 6 nitrogen and oxygen atoms in total. The van der Waals surface area contributed by atoms with E-state index in [1.165, 1.54) is 0 Å². The monoisotopic (exact) mass is 358 g/mol. The molecule has 0 saturated heterocycles. The van der Waals surface area contributed by atoms with Gasteiger partial charge in [-0.25, -0.2) is 0 Å². The number of allylic oxidation sites excluding steroid dienone is 1. The molecule has 0 fully saturated rings. The van der Waals surface area contributed by atoms with Crippen molar-refractivity contribution >= 4 is 11.9 Å². The Labute approximate surface area is 151 Å². The highest BCUT2D eigenvalue weighted by Gasteiger charge is 2.53. The van der Waals surface area contributed by atoms with Gasteiger partial charge in [0.15, 0.2) is 11.7 Å². The number of hydrogen-bond donors (Lipinski definition) is 0. The predicted molar refractivity (Wildman–Crippen MR) is 96.0 cm³/mol. The lowest BCUT2D eigenvalue weighted by atomic mass is 9.71. The van der Waals surface area contributed by atoms with Crippen molar-refractivity contribution in [2.45, 2.75) is 60.2 Å². The van der Waals surface area contributed by atoms with Crippen LogP contribution in [0, 0.1) is 11.3 Å². The van der Waals surface area contributed by atoms with Crippen molar-refractivity contribution in [3.63, 3.8) is 0 Å². The number of rotatable bonds is 14. The summed E-state index contributed by atoms with van der Waals surface area (Å²) in [5.41, 5.74) is -1.45. The Morgan fingerprint density at radius 2 is 1.56 bits per heavy atom. The fourth-order valence-corrected chi connectivity index (χ4v) is 2.85. The van der Waals surface area contributed by atoms with Gasteiger partial charge in [-0.15, -0.1) is 6.58 Å². The summed E-state index contributed by atoms with van der Waals surface area (Å²) in [7, 11) is 0. The molecule has 0 aliphatic carbocycles. The van der Waals surface area contributed by atoms with E-state index < -0.39 is 29.6 Å². The molecule has 0 aromatic rings. The van der Waals surface area contributed by atoms with Gasteiger partial charge < -0.3 is 18.9 Å². The fraction of sp³-hybridized carbons (Fsp3) is 0.789. The van der Waals surface area contributed by atoms with Gasteiger partial charge in [0.25, 0.3) is 0 Å². The number of carbonyl (C=O) groups excluding carboxylic acids is 2. The van der Waals surface area contributed by atoms with Crippen molar-refractivity contribution < 1.29 is 28.5 Å². The molecule has 0 aliphatic heterocycles. The van der Waals surface area contributed by atoms with E-state index in [2.05, 4.69) is 6.58 Å². The summed E-state index contributed by atoms with van der Waals surface area (Å²) in [5.74, 6) is -1.56. The van der Waals surface area contributed by atoms with E-state index in [0.717, 1.165) is 6.42 Å². The Morgan fingerprint density at radius 1 is 1.00 bits per heavy atom. The highest BCUT2D eigenvalue weighted by Crippen LogP contribution is 2.39. The molecule has 2 atom stereocenters. The standard InChI is InChI=1S/C19H34O6/c1-7-12-16(14-25-15(6)22-9-3)19(13-8-2,17(20)23-10-4)18(21)24-11-5/h8,15-16H,2,7,9-14H2,1,3-6H3. The molecule has 0 radical (unpaired) electrons. The zero-order valence-corrected chi connectivity index (χ0v) is 16.3. The van der Waals surface area contributed by atoms with Crippen LogP contribution in [-0.4, -0.2) is 44.7 Å². The van der Waals surface area contributed by atoms with Gasteiger partial charge >= 0.3 is 11.9 Å². The first-order valence-electron chi connectivity index (χ1n) is 9.12. The third-order valence-electron chi connectivity index (χ3n) is 4.01. The summed E-state index contributed by atoms with van der Waals surface area (Å²) < 4.78 is 21.6. The molecule has 0 aromatic heterocycles. The van der Waals surface area contributed by atoms with Gasteiger partial charge in [0.2, 0.25) is 0 Å². The summed E-state index contributed by atoms with van der Waals surface area (Å²) in [6.07, 6.45) is 2.68. The van der Waals surface area contributed by atoms with E-state index in [1.807, 2.05) is 13.8 Å². The SMILES string of the molecule is C=CCC(C(=O)OCC)(C(=O)OCC)C(CCC)COC(C)OCC. The lowest BCUT2D eigenvalue weighted by molar-refractivity contribution is -0.186. The normalized spacial score (nSPS) is 13.8. The lowest BCUT2D eigenvalue weighted by Crippen LogP contribution is -2.49. The summed E-state index contributed by atoms with van der Waals surface area (Å²) in [6.45, 7) is 13.9. The summed E-state index contributed by atoms with van der Waals surface area (Å²) in [4.78, 5) is 25.6. The number of hydrogen-bond acceptors (Lipinski definition) is 6. The van der Waals surface area contributed by atoms with Crippen molar-refractivity contribution in [3.05, 3.63) is 12.7 Å². The van der Waals surface area contributed by atoms with E-state index in [-0.39, 0.29) is 26.2 Å². The average molecular weight is 358 g/mol. The van der Waals surface area contributed by atoms with Gasteiger partial charge in [0.05, 0.1) is 19.8 Å². The highest BCUT2D eigenvalue weighted by atomic mass is 16.7. The Kier molecular flexibility index (Phi) is 12.2. The zero-order chi connectivity index (χ0) is 19.3. The Bertz CT molecular complexity index is 389. The number of ether oxygens (including phenoxy) is 4. The Morgan fingerprint density at radius 3 is 1.96 bits per heavy atom. The zero-order valence-electron chi connectivity index (χ0n) is 16.3. The summed E-state index contributed by atoms with van der Waals surface area (Å²) in [6, 6.07) is 0. The third-order valence-corrected chi connectivity index (χ3v) is 4.01. The molecule has 0 spiro atoms. The van der Waals surface area contributed by atoms with Crippen LogP contribution in [0.1, 0.15) is 53.9 Å². The molecule has 0 aliphatic rings. The third kappa shape index (κ3) is 6.78. The largest absolute Gasteiger partial charge is 0.465 e. The maximum Gasteiger partial charge on any atom is 0.324 e. The molecule has 0 aromatic carbocycles. The lowest BCUT2D eigenvalue weighted by Gasteiger charge is -2.36. The Balaban J connectivity index is 5.73. The molecule has 0 N–H and O–H groups in total. The van der Waals surface area contributed by atoms with Gasteiger partial charge in [-0.2, -0.15) is 0 Å². The summed E-state index contributed by atoms with van der Waals surface area (Å²) >= 11 is 0. The van der Waals surface area contributed by atoms with Crippen LogP contribution in [0.2, 0.25) is 0 Å². The van der Waals surface area contributed by atoms with Crippen LogP contribution < -0.4 is 0 Å². The molecule has 2 unspecified atom stereocenters. The molecule has 0 rings (SSSR count). The van der Waals surface area contributed by atoms with Crippen LogP contribution in [0.3, 0.4) is 0 Å². The van der Waals surface area contributed by atoms with Crippen LogP contribution in [-0.2, 0) is 28.5 Å². The molecule has 0 amide bonds. The molecule has 25 heavy (non-hydrogen) atoms. The van der Waals surface area contributed by atoms with Gasteiger partial charge in [-0.1, -0.05) is 19.4 Å².